The van der Waals surface area contributed by atoms with Crippen molar-refractivity contribution in [2.24, 2.45) is 0 Å². The number of pyridine rings is 1. The Labute approximate surface area is 113 Å². The van der Waals surface area contributed by atoms with Gasteiger partial charge < -0.3 is 4.74 Å². The molecule has 0 aliphatic rings. The first-order valence-corrected chi connectivity index (χ1v) is 6.32. The molecule has 1 unspecified atom stereocenters. The van der Waals surface area contributed by atoms with E-state index < -0.39 is 0 Å². The lowest BCUT2D eigenvalue weighted by Gasteiger charge is -2.10. The SMILES string of the molecule is COc1ccc(C(Cl)Cc2ccc(C)cn2)cc1. The van der Waals surface area contributed by atoms with Crippen molar-refractivity contribution in [1.29, 1.82) is 0 Å². The van der Waals surface area contributed by atoms with E-state index in [0.29, 0.717) is 0 Å². The van der Waals surface area contributed by atoms with E-state index in [-0.39, 0.29) is 5.38 Å². The van der Waals surface area contributed by atoms with E-state index in [1.165, 1.54) is 0 Å². The van der Waals surface area contributed by atoms with Gasteiger partial charge in [0.2, 0.25) is 0 Å². The Morgan fingerprint density at radius 1 is 1.17 bits per heavy atom. The second kappa shape index (κ2) is 5.87. The Hall–Kier alpha value is -1.54. The summed E-state index contributed by atoms with van der Waals surface area (Å²) in [7, 11) is 1.66. The van der Waals surface area contributed by atoms with Crippen LogP contribution in [0.5, 0.6) is 5.75 Å². The Morgan fingerprint density at radius 3 is 2.44 bits per heavy atom. The van der Waals surface area contributed by atoms with E-state index >= 15 is 0 Å². The summed E-state index contributed by atoms with van der Waals surface area (Å²) in [5.41, 5.74) is 3.26. The van der Waals surface area contributed by atoms with Crippen molar-refractivity contribution >= 4 is 11.6 Å². The highest BCUT2D eigenvalue weighted by atomic mass is 35.5. The number of hydrogen-bond acceptors (Lipinski definition) is 2. The molecule has 1 atom stereocenters. The molecule has 2 aromatic rings. The molecule has 0 amide bonds. The average molecular weight is 262 g/mol. The van der Waals surface area contributed by atoms with Crippen LogP contribution in [0.1, 0.15) is 22.2 Å². The second-order valence-electron chi connectivity index (χ2n) is 4.27. The molecule has 3 heteroatoms. The molecular formula is C15H16ClNO. The maximum atomic E-state index is 6.40. The van der Waals surface area contributed by atoms with Gasteiger partial charge >= 0.3 is 0 Å². The quantitative estimate of drug-likeness (QED) is 0.779. The van der Waals surface area contributed by atoms with Gasteiger partial charge in [-0.25, -0.2) is 0 Å². The zero-order chi connectivity index (χ0) is 13.0. The van der Waals surface area contributed by atoms with Crippen molar-refractivity contribution in [1.82, 2.24) is 4.98 Å². The fourth-order valence-electron chi connectivity index (χ4n) is 1.73. The first-order chi connectivity index (χ1) is 8.69. The number of aryl methyl sites for hydroxylation is 1. The molecule has 0 aliphatic heterocycles. The van der Waals surface area contributed by atoms with Gasteiger partial charge in [0.1, 0.15) is 5.75 Å². The lowest BCUT2D eigenvalue weighted by atomic mass is 10.1. The molecule has 0 aliphatic carbocycles. The van der Waals surface area contributed by atoms with Crippen molar-refractivity contribution in [3.05, 3.63) is 59.4 Å². The topological polar surface area (TPSA) is 22.1 Å². The number of aromatic nitrogens is 1. The largest absolute Gasteiger partial charge is 0.497 e. The molecule has 0 bridgehead atoms. The molecule has 1 heterocycles. The summed E-state index contributed by atoms with van der Waals surface area (Å²) in [6.07, 6.45) is 2.60. The van der Waals surface area contributed by atoms with Crippen LogP contribution in [-0.4, -0.2) is 12.1 Å². The summed E-state index contributed by atoms with van der Waals surface area (Å²) in [5, 5.41) is -0.0638. The van der Waals surface area contributed by atoms with Crippen molar-refractivity contribution < 1.29 is 4.74 Å². The number of hydrogen-bond donors (Lipinski definition) is 0. The van der Waals surface area contributed by atoms with Gasteiger partial charge in [0, 0.05) is 18.3 Å². The number of nitrogens with zero attached hydrogens (tertiary/aromatic N) is 1. The highest BCUT2D eigenvalue weighted by Gasteiger charge is 2.09. The van der Waals surface area contributed by atoms with Crippen LogP contribution in [0, 0.1) is 6.92 Å². The summed E-state index contributed by atoms with van der Waals surface area (Å²) in [6.45, 7) is 2.03. The zero-order valence-electron chi connectivity index (χ0n) is 10.6. The average Bonchev–Trinajstić information content (AvgIpc) is 2.41. The maximum Gasteiger partial charge on any atom is 0.118 e. The van der Waals surface area contributed by atoms with Gasteiger partial charge in [-0.15, -0.1) is 11.6 Å². The molecular weight excluding hydrogens is 246 g/mol. The summed E-state index contributed by atoms with van der Waals surface area (Å²) < 4.78 is 5.12. The van der Waals surface area contributed by atoms with Crippen LogP contribution in [-0.2, 0) is 6.42 Å². The molecule has 0 saturated heterocycles. The standard InChI is InChI=1S/C15H16ClNO/c1-11-3-6-13(17-10-11)9-15(16)12-4-7-14(18-2)8-5-12/h3-8,10,15H,9H2,1-2H3. The van der Waals surface area contributed by atoms with Gasteiger partial charge in [0.15, 0.2) is 0 Å². The third-order valence-corrected chi connectivity index (χ3v) is 3.24. The molecule has 0 fully saturated rings. The zero-order valence-corrected chi connectivity index (χ0v) is 11.3. The van der Waals surface area contributed by atoms with Gasteiger partial charge in [-0.1, -0.05) is 18.2 Å². The van der Waals surface area contributed by atoms with Crippen molar-refractivity contribution in [2.75, 3.05) is 7.11 Å². The first kappa shape index (κ1) is 12.9. The highest BCUT2D eigenvalue weighted by molar-refractivity contribution is 6.20. The molecule has 0 radical (unpaired) electrons. The number of halogens is 1. The third-order valence-electron chi connectivity index (χ3n) is 2.84. The van der Waals surface area contributed by atoms with Gasteiger partial charge in [0.25, 0.3) is 0 Å². The minimum absolute atomic E-state index is 0.0638. The Bertz CT molecular complexity index is 493. The number of alkyl halides is 1. The van der Waals surface area contributed by atoms with E-state index in [4.69, 9.17) is 16.3 Å². The molecule has 0 N–H and O–H groups in total. The van der Waals surface area contributed by atoms with E-state index in [1.54, 1.807) is 7.11 Å². The lowest BCUT2D eigenvalue weighted by molar-refractivity contribution is 0.414. The Morgan fingerprint density at radius 2 is 1.89 bits per heavy atom. The lowest BCUT2D eigenvalue weighted by Crippen LogP contribution is -1.98. The third kappa shape index (κ3) is 3.23. The van der Waals surface area contributed by atoms with E-state index in [0.717, 1.165) is 29.0 Å². The Balaban J connectivity index is 2.06. The number of methoxy groups -OCH3 is 1. The number of benzene rings is 1. The van der Waals surface area contributed by atoms with Crippen LogP contribution in [0.2, 0.25) is 0 Å². The van der Waals surface area contributed by atoms with Gasteiger partial charge in [-0.3, -0.25) is 4.98 Å². The molecule has 1 aromatic heterocycles. The summed E-state index contributed by atoms with van der Waals surface area (Å²) in [6, 6.07) is 11.9. The van der Waals surface area contributed by atoms with Gasteiger partial charge in [-0.2, -0.15) is 0 Å². The first-order valence-electron chi connectivity index (χ1n) is 5.88. The van der Waals surface area contributed by atoms with Crippen LogP contribution >= 0.6 is 11.6 Å². The molecule has 2 nitrogen and oxygen atoms in total. The molecule has 0 spiro atoms. The predicted octanol–water partition coefficient (Wildman–Crippen LogP) is 3.92. The van der Waals surface area contributed by atoms with Crippen LogP contribution in [0.4, 0.5) is 0 Å². The molecule has 18 heavy (non-hydrogen) atoms. The van der Waals surface area contributed by atoms with Gasteiger partial charge in [0.05, 0.1) is 12.5 Å². The summed E-state index contributed by atoms with van der Waals surface area (Å²) in [5.74, 6) is 0.844. The fraction of sp³-hybridized carbons (Fsp3) is 0.267. The van der Waals surface area contributed by atoms with Crippen LogP contribution in [0.25, 0.3) is 0 Å². The number of ether oxygens (including phenoxy) is 1. The van der Waals surface area contributed by atoms with Crippen LogP contribution < -0.4 is 4.74 Å². The summed E-state index contributed by atoms with van der Waals surface area (Å²) >= 11 is 6.40. The molecule has 94 valence electrons. The molecule has 1 aromatic carbocycles. The monoisotopic (exact) mass is 261 g/mol. The fourth-order valence-corrected chi connectivity index (χ4v) is 2.04. The number of rotatable bonds is 4. The van der Waals surface area contributed by atoms with E-state index in [2.05, 4.69) is 11.1 Å². The maximum absolute atomic E-state index is 6.40. The molecule has 0 saturated carbocycles. The van der Waals surface area contributed by atoms with E-state index in [1.807, 2.05) is 43.5 Å². The Kier molecular flexibility index (Phi) is 4.21. The van der Waals surface area contributed by atoms with Crippen molar-refractivity contribution in [3.63, 3.8) is 0 Å². The second-order valence-corrected chi connectivity index (χ2v) is 4.80. The van der Waals surface area contributed by atoms with Crippen molar-refractivity contribution in [2.45, 2.75) is 18.7 Å². The minimum atomic E-state index is -0.0638. The van der Waals surface area contributed by atoms with Crippen molar-refractivity contribution in [3.8, 4) is 5.75 Å². The predicted molar refractivity (Wildman–Crippen MR) is 74.3 cm³/mol. The van der Waals surface area contributed by atoms with Crippen LogP contribution in [0.3, 0.4) is 0 Å². The molecule has 2 rings (SSSR count). The van der Waals surface area contributed by atoms with Gasteiger partial charge in [-0.05, 0) is 36.2 Å². The summed E-state index contributed by atoms with van der Waals surface area (Å²) in [4.78, 5) is 4.37. The highest BCUT2D eigenvalue weighted by Crippen LogP contribution is 2.26. The van der Waals surface area contributed by atoms with Crippen LogP contribution in [0.15, 0.2) is 42.6 Å². The minimum Gasteiger partial charge on any atom is -0.497 e. The van der Waals surface area contributed by atoms with E-state index in [9.17, 15) is 0 Å². The smallest absolute Gasteiger partial charge is 0.118 e. The normalized spacial score (nSPS) is 12.2.